The molecule has 2 heterocycles. The largest absolute Gasteiger partial charge is 0.311 e. The average Bonchev–Trinajstić information content (AvgIpc) is 3.97. The van der Waals surface area contributed by atoms with E-state index in [1.165, 1.54) is 65.9 Å². The number of aromatic nitrogens is 2. The number of aryl methyl sites for hydroxylation is 4. The van der Waals surface area contributed by atoms with Crippen LogP contribution in [0.2, 0.25) is 0 Å². The zero-order chi connectivity index (χ0) is 50.1. The Hall–Kier alpha value is -8.86. The molecule has 2 aromatic heterocycles. The van der Waals surface area contributed by atoms with Crippen molar-refractivity contribution in [3.05, 3.63) is 264 Å². The van der Waals surface area contributed by atoms with E-state index in [9.17, 15) is 0 Å². The van der Waals surface area contributed by atoms with Crippen molar-refractivity contribution >= 4 is 89.9 Å². The van der Waals surface area contributed by atoms with Gasteiger partial charge < -0.3 is 18.9 Å². The number of benzene rings is 10. The average molecular weight is 957 g/mol. The normalized spacial score (nSPS) is 11.7. The third-order valence-electron chi connectivity index (χ3n) is 15.0. The lowest BCUT2D eigenvalue weighted by Gasteiger charge is -2.26. The van der Waals surface area contributed by atoms with Crippen molar-refractivity contribution in [1.29, 1.82) is 0 Å². The van der Waals surface area contributed by atoms with Gasteiger partial charge in [0.15, 0.2) is 0 Å². The monoisotopic (exact) mass is 956 g/mol. The minimum atomic E-state index is 1.02. The van der Waals surface area contributed by atoms with Crippen molar-refractivity contribution in [2.75, 3.05) is 9.80 Å². The van der Waals surface area contributed by atoms with Crippen molar-refractivity contribution in [1.82, 2.24) is 9.13 Å². The smallest absolute Gasteiger partial charge is 0.0541 e. The van der Waals surface area contributed by atoms with E-state index in [2.05, 4.69) is 289 Å². The zero-order valence-corrected chi connectivity index (χ0v) is 42.7. The number of nitrogens with zero attached hydrogens (tertiary/aromatic N) is 4. The van der Waals surface area contributed by atoms with Gasteiger partial charge in [0.25, 0.3) is 0 Å². The van der Waals surface area contributed by atoms with Crippen LogP contribution in [0.25, 0.3) is 67.1 Å². The first-order chi connectivity index (χ1) is 36.5. The molecule has 0 atom stereocenters. The van der Waals surface area contributed by atoms with E-state index < -0.39 is 0 Å². The molecule has 4 heteroatoms. The predicted molar refractivity (Wildman–Crippen MR) is 317 cm³/mol. The number of hydrogen-bond acceptors (Lipinski definition) is 2. The van der Waals surface area contributed by atoms with Crippen molar-refractivity contribution in [2.24, 2.45) is 0 Å². The van der Waals surface area contributed by atoms with Gasteiger partial charge in [0.2, 0.25) is 0 Å². The first-order valence-corrected chi connectivity index (χ1v) is 26.4. The Balaban J connectivity index is 0.806. The van der Waals surface area contributed by atoms with Gasteiger partial charge in [-0.15, -0.1) is 0 Å². The van der Waals surface area contributed by atoms with Crippen molar-refractivity contribution < 1.29 is 0 Å². The van der Waals surface area contributed by atoms with Gasteiger partial charge in [-0.2, -0.15) is 0 Å². The summed E-state index contributed by atoms with van der Waals surface area (Å²) in [6.45, 7) is 8.93. The SMILES string of the molecule is CCc1ccc2c(c1)c1cc(CC)ccc1n2-c1ccc(N(c2ccccc2)c2ccc(/C=C/c3ccc(N(c4ccccc4)c4ccc(-n5c6ccc(CC)cc6c6cc(CC)ccc65)cc4)cc3)cc2)cc1. The maximum absolute atomic E-state index is 2.42. The van der Waals surface area contributed by atoms with E-state index in [-0.39, 0.29) is 0 Å². The van der Waals surface area contributed by atoms with Crippen molar-refractivity contribution in [3.63, 3.8) is 0 Å². The van der Waals surface area contributed by atoms with Gasteiger partial charge in [-0.3, -0.25) is 0 Å². The fourth-order valence-electron chi connectivity index (χ4n) is 10.9. The molecule has 74 heavy (non-hydrogen) atoms. The molecule has 0 fully saturated rings. The molecule has 360 valence electrons. The number of anilines is 6. The summed E-state index contributed by atoms with van der Waals surface area (Å²) >= 11 is 0. The first-order valence-electron chi connectivity index (χ1n) is 26.4. The van der Waals surface area contributed by atoms with E-state index in [0.29, 0.717) is 0 Å². The molecule has 12 aromatic rings. The van der Waals surface area contributed by atoms with Crippen LogP contribution in [0.4, 0.5) is 34.1 Å². The van der Waals surface area contributed by atoms with Crippen LogP contribution in [0.1, 0.15) is 61.1 Å². The molecule has 0 saturated heterocycles. The number of rotatable bonds is 14. The molecule has 0 spiro atoms. The fraction of sp³-hybridized carbons (Fsp3) is 0.114. The van der Waals surface area contributed by atoms with Gasteiger partial charge in [-0.1, -0.05) is 125 Å². The number of para-hydroxylation sites is 2. The van der Waals surface area contributed by atoms with Crippen LogP contribution in [-0.2, 0) is 25.7 Å². The van der Waals surface area contributed by atoms with E-state index in [1.54, 1.807) is 0 Å². The van der Waals surface area contributed by atoms with Crippen LogP contribution >= 0.6 is 0 Å². The van der Waals surface area contributed by atoms with Crippen molar-refractivity contribution in [3.8, 4) is 11.4 Å². The number of fused-ring (bicyclic) bond motifs is 6. The van der Waals surface area contributed by atoms with Crippen LogP contribution in [-0.4, -0.2) is 9.13 Å². The van der Waals surface area contributed by atoms with E-state index >= 15 is 0 Å². The van der Waals surface area contributed by atoms with E-state index in [1.807, 2.05) is 0 Å². The van der Waals surface area contributed by atoms with Gasteiger partial charge in [0.1, 0.15) is 0 Å². The zero-order valence-electron chi connectivity index (χ0n) is 42.7. The molecule has 0 bridgehead atoms. The van der Waals surface area contributed by atoms with Crippen LogP contribution in [0.3, 0.4) is 0 Å². The second-order valence-electron chi connectivity index (χ2n) is 19.4. The lowest BCUT2D eigenvalue weighted by molar-refractivity contribution is 1.13. The molecule has 0 saturated carbocycles. The highest BCUT2D eigenvalue weighted by molar-refractivity contribution is 6.11. The molecule has 10 aromatic carbocycles. The maximum atomic E-state index is 2.42. The van der Waals surface area contributed by atoms with Crippen LogP contribution < -0.4 is 9.80 Å². The van der Waals surface area contributed by atoms with Gasteiger partial charge in [0.05, 0.1) is 22.1 Å². The molecule has 0 aliphatic carbocycles. The molecule has 0 unspecified atom stereocenters. The highest BCUT2D eigenvalue weighted by Gasteiger charge is 2.19. The van der Waals surface area contributed by atoms with E-state index in [4.69, 9.17) is 0 Å². The second kappa shape index (κ2) is 20.0. The summed E-state index contributed by atoms with van der Waals surface area (Å²) in [6, 6.07) is 84.9. The molecule has 0 aliphatic heterocycles. The Bertz CT molecular complexity index is 3570. The highest BCUT2D eigenvalue weighted by atomic mass is 15.1. The van der Waals surface area contributed by atoms with Crippen molar-refractivity contribution in [2.45, 2.75) is 53.4 Å². The highest BCUT2D eigenvalue weighted by Crippen LogP contribution is 2.40. The maximum Gasteiger partial charge on any atom is 0.0541 e. The second-order valence-corrected chi connectivity index (χ2v) is 19.4. The summed E-state index contributed by atoms with van der Waals surface area (Å²) in [4.78, 5) is 4.67. The molecule has 0 radical (unpaired) electrons. The van der Waals surface area contributed by atoms with Gasteiger partial charge in [-0.25, -0.2) is 0 Å². The van der Waals surface area contributed by atoms with Crippen LogP contribution in [0, 0.1) is 0 Å². The standard InChI is InChI=1S/C70H60N4/c1-5-49-25-41-67-63(45-49)64-46-50(6-2)26-42-68(64)73(67)61-37-33-59(34-38-61)71(55-15-11-9-12-16-55)57-29-21-53(22-30-57)19-20-54-23-31-58(32-24-54)72(56-17-13-10-14-18-56)60-35-39-62(40-36-60)74-69-43-27-51(7-3)47-65(69)66-48-52(8-4)28-44-70(66)74/h9-48H,5-8H2,1-4H3/b20-19+. The summed E-state index contributed by atoms with van der Waals surface area (Å²) in [6.07, 6.45) is 8.47. The third-order valence-corrected chi connectivity index (χ3v) is 15.0. The summed E-state index contributed by atoms with van der Waals surface area (Å²) in [5.74, 6) is 0. The molecular formula is C70H60N4. The molecule has 0 aliphatic rings. The summed E-state index contributed by atoms with van der Waals surface area (Å²) in [5.41, 5.74) is 21.6. The Labute approximate surface area is 435 Å². The Morgan fingerprint density at radius 2 is 0.541 bits per heavy atom. The molecule has 4 nitrogen and oxygen atoms in total. The number of hydrogen-bond donors (Lipinski definition) is 0. The quantitative estimate of drug-likeness (QED) is 0.101. The minimum Gasteiger partial charge on any atom is -0.311 e. The summed E-state index contributed by atoms with van der Waals surface area (Å²) in [7, 11) is 0. The third kappa shape index (κ3) is 8.62. The lowest BCUT2D eigenvalue weighted by atomic mass is 10.1. The topological polar surface area (TPSA) is 16.3 Å². The van der Waals surface area contributed by atoms with Gasteiger partial charge in [0, 0.05) is 67.0 Å². The fourth-order valence-corrected chi connectivity index (χ4v) is 10.9. The molecule has 12 rings (SSSR count). The Kier molecular flexibility index (Phi) is 12.5. The van der Waals surface area contributed by atoms with Gasteiger partial charge in [-0.05, 0) is 205 Å². The lowest BCUT2D eigenvalue weighted by Crippen LogP contribution is -2.10. The minimum absolute atomic E-state index is 1.02. The molecule has 0 N–H and O–H groups in total. The van der Waals surface area contributed by atoms with Crippen LogP contribution in [0.15, 0.2) is 231 Å². The molecule has 0 amide bonds. The Morgan fingerprint density at radius 3 is 0.811 bits per heavy atom. The summed E-state index contributed by atoms with van der Waals surface area (Å²) in [5, 5.41) is 5.26. The molecular weight excluding hydrogens is 897 g/mol. The first kappa shape index (κ1) is 46.2. The Morgan fingerprint density at radius 1 is 0.284 bits per heavy atom. The van der Waals surface area contributed by atoms with Gasteiger partial charge >= 0.3 is 0 Å². The van der Waals surface area contributed by atoms with E-state index in [0.717, 1.165) is 82.3 Å². The van der Waals surface area contributed by atoms with Crippen LogP contribution in [0.5, 0.6) is 0 Å². The predicted octanol–water partition coefficient (Wildman–Crippen LogP) is 19.2. The summed E-state index contributed by atoms with van der Waals surface area (Å²) < 4.78 is 4.84.